The van der Waals surface area contributed by atoms with Crippen molar-refractivity contribution in [1.82, 2.24) is 9.80 Å². The summed E-state index contributed by atoms with van der Waals surface area (Å²) >= 11 is 0. The Labute approximate surface area is 279 Å². The Hall–Kier alpha value is -0.600. The van der Waals surface area contributed by atoms with Crippen LogP contribution in [-0.4, -0.2) is 49.1 Å². The number of hydrogen-bond acceptors (Lipinski definition) is 2. The summed E-state index contributed by atoms with van der Waals surface area (Å²) in [6.07, 6.45) is 51.9. The third-order valence-electron chi connectivity index (χ3n) is 9.90. The van der Waals surface area contributed by atoms with Crippen molar-refractivity contribution >= 4 is 0 Å². The second-order valence-electron chi connectivity index (χ2n) is 14.3. The van der Waals surface area contributed by atoms with Gasteiger partial charge in [-0.2, -0.15) is 0 Å². The molecule has 1 aliphatic heterocycles. The lowest BCUT2D eigenvalue weighted by molar-refractivity contribution is 0.217. The molecule has 0 bridgehead atoms. The van der Waals surface area contributed by atoms with E-state index in [9.17, 15) is 0 Å². The van der Waals surface area contributed by atoms with Crippen LogP contribution in [0.4, 0.5) is 0 Å². The molecule has 44 heavy (non-hydrogen) atoms. The molecule has 0 unspecified atom stereocenters. The van der Waals surface area contributed by atoms with E-state index in [1.807, 2.05) is 0 Å². The van der Waals surface area contributed by atoms with E-state index in [2.05, 4.69) is 48.0 Å². The van der Waals surface area contributed by atoms with E-state index in [1.54, 1.807) is 0 Å². The van der Waals surface area contributed by atoms with Crippen LogP contribution >= 0.6 is 0 Å². The van der Waals surface area contributed by atoms with E-state index in [-0.39, 0.29) is 0 Å². The highest BCUT2D eigenvalue weighted by molar-refractivity contribution is 4.82. The molecule has 0 aromatic heterocycles. The lowest BCUT2D eigenvalue weighted by Gasteiger charge is -2.25. The monoisotopic (exact) mass is 615 g/mol. The largest absolute Gasteiger partial charge is 0.302 e. The number of nitrogens with zero attached hydrogens (tertiary/aromatic N) is 2. The molecule has 0 aromatic rings. The van der Waals surface area contributed by atoms with Gasteiger partial charge in [0, 0.05) is 13.1 Å². The van der Waals surface area contributed by atoms with Crippen LogP contribution in [0.3, 0.4) is 0 Å². The summed E-state index contributed by atoms with van der Waals surface area (Å²) in [5.41, 5.74) is 0. The van der Waals surface area contributed by atoms with Crippen molar-refractivity contribution in [3.63, 3.8) is 0 Å². The van der Waals surface area contributed by atoms with Crippen LogP contribution in [0.5, 0.6) is 0 Å². The molecule has 0 aromatic carbocycles. The van der Waals surface area contributed by atoms with Crippen molar-refractivity contribution in [3.05, 3.63) is 24.3 Å². The van der Waals surface area contributed by atoms with Gasteiger partial charge in [0.2, 0.25) is 0 Å². The van der Waals surface area contributed by atoms with Crippen LogP contribution in [0, 0.1) is 0 Å². The fourth-order valence-electron chi connectivity index (χ4n) is 6.79. The van der Waals surface area contributed by atoms with E-state index < -0.39 is 0 Å². The predicted molar refractivity (Wildman–Crippen MR) is 201 cm³/mol. The van der Waals surface area contributed by atoms with Crippen LogP contribution in [0.25, 0.3) is 0 Å². The lowest BCUT2D eigenvalue weighted by Crippen LogP contribution is -2.35. The quantitative estimate of drug-likeness (QED) is 0.0517. The summed E-state index contributed by atoms with van der Waals surface area (Å²) in [5.74, 6) is 0. The molecule has 1 fully saturated rings. The molecule has 0 aliphatic carbocycles. The fourth-order valence-corrected chi connectivity index (χ4v) is 6.79. The zero-order valence-electron chi connectivity index (χ0n) is 30.7. The highest BCUT2D eigenvalue weighted by atomic mass is 15.2. The number of rotatable bonds is 35. The average Bonchev–Trinajstić information content (AvgIpc) is 3.56. The van der Waals surface area contributed by atoms with Crippen molar-refractivity contribution in [1.29, 1.82) is 0 Å². The second-order valence-corrected chi connectivity index (χ2v) is 14.3. The smallest absolute Gasteiger partial charge is 0.0109 e. The van der Waals surface area contributed by atoms with Crippen molar-refractivity contribution < 1.29 is 0 Å². The Morgan fingerprint density at radius 1 is 0.386 bits per heavy atom. The molecule has 2 nitrogen and oxygen atoms in total. The predicted octanol–water partition coefficient (Wildman–Crippen LogP) is 13.5. The molecule has 1 saturated heterocycles. The summed E-state index contributed by atoms with van der Waals surface area (Å²) in [7, 11) is 0. The Morgan fingerprint density at radius 3 is 1.07 bits per heavy atom. The summed E-state index contributed by atoms with van der Waals surface area (Å²) < 4.78 is 0. The highest BCUT2D eigenvalue weighted by Crippen LogP contribution is 2.13. The van der Waals surface area contributed by atoms with Gasteiger partial charge in [-0.25, -0.2) is 0 Å². The van der Waals surface area contributed by atoms with Crippen LogP contribution in [-0.2, 0) is 0 Å². The van der Waals surface area contributed by atoms with Gasteiger partial charge in [0.15, 0.2) is 0 Å². The summed E-state index contributed by atoms with van der Waals surface area (Å²) in [6, 6.07) is 0. The van der Waals surface area contributed by atoms with E-state index in [0.717, 1.165) is 0 Å². The highest BCUT2D eigenvalue weighted by Gasteiger charge is 2.13. The summed E-state index contributed by atoms with van der Waals surface area (Å²) in [5, 5.41) is 0. The molecule has 260 valence electrons. The number of hydrogen-bond donors (Lipinski definition) is 0. The maximum atomic E-state index is 2.82. The molecule has 1 rings (SSSR count). The van der Waals surface area contributed by atoms with E-state index >= 15 is 0 Å². The van der Waals surface area contributed by atoms with Gasteiger partial charge in [-0.3, -0.25) is 0 Å². The molecule has 0 spiro atoms. The first-order chi connectivity index (χ1) is 21.9. The zero-order valence-corrected chi connectivity index (χ0v) is 30.7. The topological polar surface area (TPSA) is 6.48 Å². The Bertz CT molecular complexity index is 549. The molecule has 1 heterocycles. The minimum absolute atomic E-state index is 1.30. The summed E-state index contributed by atoms with van der Waals surface area (Å²) in [4.78, 5) is 5.53. The Balaban J connectivity index is 1.99. The maximum absolute atomic E-state index is 2.82. The van der Waals surface area contributed by atoms with Crippen molar-refractivity contribution in [2.24, 2.45) is 0 Å². The molecule has 0 amide bonds. The third-order valence-corrected chi connectivity index (χ3v) is 9.90. The number of allylic oxidation sites excluding steroid dienone is 4. The molecular weight excluding hydrogens is 532 g/mol. The first kappa shape index (κ1) is 41.4. The SMILES string of the molecule is CCCCCCCC/C=C/CCCCCCCCN(CCCCCCCC/C=C/CCCCCCCC)CCN1CCCC1. The third kappa shape index (κ3) is 30.1. The van der Waals surface area contributed by atoms with Gasteiger partial charge < -0.3 is 9.80 Å². The Kier molecular flexibility index (Phi) is 33.2. The van der Waals surface area contributed by atoms with Crippen LogP contribution in [0.1, 0.15) is 206 Å². The van der Waals surface area contributed by atoms with Gasteiger partial charge in [0.1, 0.15) is 0 Å². The van der Waals surface area contributed by atoms with Crippen LogP contribution in [0.2, 0.25) is 0 Å². The second kappa shape index (κ2) is 35.3. The van der Waals surface area contributed by atoms with Gasteiger partial charge in [-0.15, -0.1) is 0 Å². The molecule has 0 radical (unpaired) electrons. The summed E-state index contributed by atoms with van der Waals surface area (Å²) in [6.45, 7) is 12.6. The molecule has 0 atom stereocenters. The van der Waals surface area contributed by atoms with Gasteiger partial charge in [0.05, 0.1) is 0 Å². The van der Waals surface area contributed by atoms with Crippen LogP contribution < -0.4 is 0 Å². The van der Waals surface area contributed by atoms with Gasteiger partial charge in [0.25, 0.3) is 0 Å². The fraction of sp³-hybridized carbons (Fsp3) is 0.905. The standard InChI is InChI=1S/C42H82N2/c1-3-5-7-9-11-13-15-17-19-21-23-25-27-29-31-33-37-43(41-42-44-39-35-36-40-44)38-34-32-30-28-26-24-22-20-18-16-14-12-10-8-6-4-2/h17-20H,3-16,21-42H2,1-2H3/b19-17+,20-18+. The number of likely N-dealkylation sites (tertiary alicyclic amines) is 1. The van der Waals surface area contributed by atoms with E-state index in [4.69, 9.17) is 0 Å². The molecule has 0 N–H and O–H groups in total. The zero-order chi connectivity index (χ0) is 31.4. The Morgan fingerprint density at radius 2 is 0.705 bits per heavy atom. The molecular formula is C42H82N2. The minimum Gasteiger partial charge on any atom is -0.302 e. The van der Waals surface area contributed by atoms with Gasteiger partial charge in [-0.1, -0.05) is 154 Å². The van der Waals surface area contributed by atoms with Gasteiger partial charge in [-0.05, 0) is 103 Å². The first-order valence-corrected chi connectivity index (χ1v) is 20.6. The van der Waals surface area contributed by atoms with Gasteiger partial charge >= 0.3 is 0 Å². The van der Waals surface area contributed by atoms with Crippen LogP contribution in [0.15, 0.2) is 24.3 Å². The average molecular weight is 615 g/mol. The maximum Gasteiger partial charge on any atom is 0.0109 e. The minimum atomic E-state index is 1.30. The van der Waals surface area contributed by atoms with Crippen molar-refractivity contribution in [3.8, 4) is 0 Å². The molecule has 0 saturated carbocycles. The lowest BCUT2D eigenvalue weighted by atomic mass is 10.1. The van der Waals surface area contributed by atoms with E-state index in [1.165, 1.54) is 232 Å². The number of unbranched alkanes of at least 4 members (excludes halogenated alkanes) is 24. The first-order valence-electron chi connectivity index (χ1n) is 20.6. The normalized spacial score (nSPS) is 14.3. The molecule has 2 heteroatoms. The molecule has 1 aliphatic rings. The van der Waals surface area contributed by atoms with E-state index in [0.29, 0.717) is 0 Å². The van der Waals surface area contributed by atoms with Crippen molar-refractivity contribution in [2.75, 3.05) is 39.3 Å². The van der Waals surface area contributed by atoms with Crippen molar-refractivity contribution in [2.45, 2.75) is 206 Å².